The van der Waals surface area contributed by atoms with Crippen LogP contribution >= 0.6 is 0 Å². The number of benzene rings is 2. The Labute approximate surface area is 153 Å². The van der Waals surface area contributed by atoms with Crippen molar-refractivity contribution >= 4 is 11.9 Å². The number of carbonyl (C=O) groups is 2. The maximum Gasteiger partial charge on any atom is 0.326 e. The molecule has 0 spiro atoms. The fourth-order valence-corrected chi connectivity index (χ4v) is 3.50. The number of likely N-dealkylation sites (tertiary alicyclic amines) is 1. The first-order valence-electron chi connectivity index (χ1n) is 8.90. The van der Waals surface area contributed by atoms with Crippen molar-refractivity contribution in [2.45, 2.75) is 32.0 Å². The number of hydrogen-bond acceptors (Lipinski definition) is 3. The van der Waals surface area contributed by atoms with Crippen molar-refractivity contribution in [2.24, 2.45) is 0 Å². The van der Waals surface area contributed by atoms with Crippen LogP contribution in [0.5, 0.6) is 0 Å². The van der Waals surface area contributed by atoms with Crippen molar-refractivity contribution in [2.75, 3.05) is 13.6 Å². The van der Waals surface area contributed by atoms with Crippen LogP contribution in [0.25, 0.3) is 0 Å². The number of aliphatic carboxylic acids is 1. The smallest absolute Gasteiger partial charge is 0.326 e. The standard InChI is InChI=1S/C21H24N2O3/c1-22(14-16-7-3-2-4-8-16)15-17-9-5-10-18(13-17)20(24)23-12-6-11-19(23)21(25)26/h2-5,7-10,13,19H,6,11-12,14-15H2,1H3,(H,25,26). The van der Waals surface area contributed by atoms with Gasteiger partial charge >= 0.3 is 5.97 Å². The molecule has 1 unspecified atom stereocenters. The Morgan fingerprint density at radius 3 is 2.50 bits per heavy atom. The molecule has 5 nitrogen and oxygen atoms in total. The van der Waals surface area contributed by atoms with Gasteiger partial charge in [-0.25, -0.2) is 4.79 Å². The predicted octanol–water partition coefficient (Wildman–Crippen LogP) is 3.01. The Balaban J connectivity index is 1.68. The van der Waals surface area contributed by atoms with Crippen LogP contribution in [0.2, 0.25) is 0 Å². The molecular weight excluding hydrogens is 328 g/mol. The zero-order valence-electron chi connectivity index (χ0n) is 15.0. The summed E-state index contributed by atoms with van der Waals surface area (Å²) in [6, 6.07) is 17.0. The van der Waals surface area contributed by atoms with Crippen LogP contribution in [0.15, 0.2) is 54.6 Å². The van der Waals surface area contributed by atoms with Crippen molar-refractivity contribution in [3.63, 3.8) is 0 Å². The molecule has 1 saturated heterocycles. The first-order valence-corrected chi connectivity index (χ1v) is 8.90. The summed E-state index contributed by atoms with van der Waals surface area (Å²) in [7, 11) is 2.04. The quantitative estimate of drug-likeness (QED) is 0.868. The largest absolute Gasteiger partial charge is 0.480 e. The summed E-state index contributed by atoms with van der Waals surface area (Å²) in [6.07, 6.45) is 1.27. The summed E-state index contributed by atoms with van der Waals surface area (Å²) in [4.78, 5) is 27.7. The van der Waals surface area contributed by atoms with E-state index in [9.17, 15) is 14.7 Å². The molecule has 0 radical (unpaired) electrons. The van der Waals surface area contributed by atoms with E-state index < -0.39 is 12.0 Å². The average molecular weight is 352 g/mol. The normalized spacial score (nSPS) is 16.8. The number of carboxylic acid groups (broad SMARTS) is 1. The molecule has 1 amide bonds. The molecule has 1 atom stereocenters. The molecule has 1 N–H and O–H groups in total. The molecule has 1 aliphatic rings. The van der Waals surface area contributed by atoms with Gasteiger partial charge in [0.25, 0.3) is 5.91 Å². The van der Waals surface area contributed by atoms with Gasteiger partial charge in [0.05, 0.1) is 0 Å². The van der Waals surface area contributed by atoms with Crippen LogP contribution in [0.4, 0.5) is 0 Å². The van der Waals surface area contributed by atoms with Crippen molar-refractivity contribution in [1.82, 2.24) is 9.80 Å². The molecule has 0 bridgehead atoms. The third-order valence-corrected chi connectivity index (χ3v) is 4.72. The zero-order chi connectivity index (χ0) is 18.5. The van der Waals surface area contributed by atoms with E-state index in [-0.39, 0.29) is 5.91 Å². The van der Waals surface area contributed by atoms with Gasteiger partial charge < -0.3 is 10.0 Å². The van der Waals surface area contributed by atoms with Crippen molar-refractivity contribution in [1.29, 1.82) is 0 Å². The van der Waals surface area contributed by atoms with Gasteiger partial charge in [0.1, 0.15) is 6.04 Å². The van der Waals surface area contributed by atoms with Gasteiger partial charge in [-0.2, -0.15) is 0 Å². The van der Waals surface area contributed by atoms with Crippen LogP contribution < -0.4 is 0 Å². The van der Waals surface area contributed by atoms with Crippen LogP contribution in [0, 0.1) is 0 Å². The highest BCUT2D eigenvalue weighted by Gasteiger charge is 2.34. The van der Waals surface area contributed by atoms with Gasteiger partial charge in [0.2, 0.25) is 0 Å². The summed E-state index contributed by atoms with van der Waals surface area (Å²) >= 11 is 0. The third kappa shape index (κ3) is 4.29. The second-order valence-electron chi connectivity index (χ2n) is 6.85. The molecule has 1 fully saturated rings. The molecule has 1 heterocycles. The number of rotatable bonds is 6. The van der Waals surface area contributed by atoms with Crippen molar-refractivity contribution < 1.29 is 14.7 Å². The lowest BCUT2D eigenvalue weighted by molar-refractivity contribution is -0.141. The first-order chi connectivity index (χ1) is 12.5. The molecule has 26 heavy (non-hydrogen) atoms. The fraction of sp³-hybridized carbons (Fsp3) is 0.333. The first kappa shape index (κ1) is 18.1. The summed E-state index contributed by atoms with van der Waals surface area (Å²) in [6.45, 7) is 2.05. The molecule has 5 heteroatoms. The molecule has 136 valence electrons. The molecule has 0 aromatic heterocycles. The van der Waals surface area contributed by atoms with Crippen LogP contribution in [0.3, 0.4) is 0 Å². The van der Waals surface area contributed by atoms with Crippen LogP contribution in [0.1, 0.15) is 34.3 Å². The number of hydrogen-bond donors (Lipinski definition) is 1. The average Bonchev–Trinajstić information content (AvgIpc) is 3.12. The number of nitrogens with zero attached hydrogens (tertiary/aromatic N) is 2. The lowest BCUT2D eigenvalue weighted by Gasteiger charge is -2.22. The van der Waals surface area contributed by atoms with Crippen molar-refractivity contribution in [3.8, 4) is 0 Å². The summed E-state index contributed by atoms with van der Waals surface area (Å²) in [5.74, 6) is -1.11. The van der Waals surface area contributed by atoms with E-state index in [0.717, 1.165) is 25.1 Å². The van der Waals surface area contributed by atoms with E-state index in [2.05, 4.69) is 17.0 Å². The Morgan fingerprint density at radius 2 is 1.77 bits per heavy atom. The highest BCUT2D eigenvalue weighted by molar-refractivity contribution is 5.97. The van der Waals surface area contributed by atoms with Gasteiger partial charge in [-0.15, -0.1) is 0 Å². The molecule has 1 aliphatic heterocycles. The van der Waals surface area contributed by atoms with E-state index in [1.165, 1.54) is 10.5 Å². The highest BCUT2D eigenvalue weighted by Crippen LogP contribution is 2.21. The Bertz CT molecular complexity index is 776. The summed E-state index contributed by atoms with van der Waals surface area (Å²) < 4.78 is 0. The molecular formula is C21H24N2O3. The lowest BCUT2D eigenvalue weighted by atomic mass is 10.1. The zero-order valence-corrected chi connectivity index (χ0v) is 15.0. The highest BCUT2D eigenvalue weighted by atomic mass is 16.4. The summed E-state index contributed by atoms with van der Waals surface area (Å²) in [5.41, 5.74) is 2.84. The molecule has 0 aliphatic carbocycles. The van der Waals surface area contributed by atoms with Gasteiger partial charge in [-0.05, 0) is 43.1 Å². The van der Waals surface area contributed by atoms with Crippen molar-refractivity contribution in [3.05, 3.63) is 71.3 Å². The Morgan fingerprint density at radius 1 is 1.08 bits per heavy atom. The summed E-state index contributed by atoms with van der Waals surface area (Å²) in [5, 5.41) is 9.29. The fourth-order valence-electron chi connectivity index (χ4n) is 3.50. The minimum Gasteiger partial charge on any atom is -0.480 e. The van der Waals surface area contributed by atoms with E-state index in [4.69, 9.17) is 0 Å². The Kier molecular flexibility index (Phi) is 5.68. The predicted molar refractivity (Wildman–Crippen MR) is 99.7 cm³/mol. The van der Waals surface area contributed by atoms with E-state index in [1.54, 1.807) is 6.07 Å². The minimum atomic E-state index is -0.922. The SMILES string of the molecule is CN(Cc1ccccc1)Cc1cccc(C(=O)N2CCCC2C(=O)O)c1. The molecule has 2 aromatic rings. The second-order valence-corrected chi connectivity index (χ2v) is 6.85. The third-order valence-electron chi connectivity index (χ3n) is 4.72. The maximum absolute atomic E-state index is 12.7. The second kappa shape index (κ2) is 8.15. The molecule has 3 rings (SSSR count). The van der Waals surface area contributed by atoms with Gasteiger partial charge in [0.15, 0.2) is 0 Å². The number of carbonyl (C=O) groups excluding carboxylic acids is 1. The number of amides is 1. The van der Waals surface area contributed by atoms with Gasteiger partial charge in [0, 0.05) is 25.2 Å². The molecule has 2 aromatic carbocycles. The Hall–Kier alpha value is -2.66. The molecule has 0 saturated carbocycles. The van der Waals surface area contributed by atoms with Gasteiger partial charge in [-0.1, -0.05) is 42.5 Å². The van der Waals surface area contributed by atoms with E-state index >= 15 is 0 Å². The van der Waals surface area contributed by atoms with E-state index in [0.29, 0.717) is 18.5 Å². The van der Waals surface area contributed by atoms with Gasteiger partial charge in [-0.3, -0.25) is 9.69 Å². The maximum atomic E-state index is 12.7. The lowest BCUT2D eigenvalue weighted by Crippen LogP contribution is -2.40. The van der Waals surface area contributed by atoms with E-state index in [1.807, 2.05) is 43.4 Å². The van der Waals surface area contributed by atoms with Crippen LogP contribution in [-0.2, 0) is 17.9 Å². The minimum absolute atomic E-state index is 0.192. The van der Waals surface area contributed by atoms with Crippen LogP contribution in [-0.4, -0.2) is 46.4 Å². The monoisotopic (exact) mass is 352 g/mol. The topological polar surface area (TPSA) is 60.9 Å². The number of carboxylic acids is 1.